The third kappa shape index (κ3) is 6.19. The predicted octanol–water partition coefficient (Wildman–Crippen LogP) is 0.684. The molecule has 0 atom stereocenters. The number of hydrogen-bond acceptors (Lipinski definition) is 4. The molecule has 0 unspecified atom stereocenters. The molecule has 0 amide bonds. The van der Waals surface area contributed by atoms with E-state index in [0.717, 1.165) is 39.3 Å². The van der Waals surface area contributed by atoms with Crippen LogP contribution < -0.4 is 5.32 Å². The maximum absolute atomic E-state index is 5.41. The van der Waals surface area contributed by atoms with Crippen LogP contribution in [0.3, 0.4) is 0 Å². The monoisotopic (exact) mass is 212 g/mol. The minimum atomic E-state index is 0.789. The quantitative estimate of drug-likeness (QED) is 0.612. The van der Waals surface area contributed by atoms with Gasteiger partial charge in [0, 0.05) is 19.7 Å². The molecule has 0 saturated carbocycles. The number of unbranched alkanes of at least 4 members (excludes halogenated alkanes) is 1. The fraction of sp³-hybridized carbons (Fsp3) is 0.800. The van der Waals surface area contributed by atoms with E-state index in [1.54, 1.807) is 12.7 Å². The Kier molecular flexibility index (Phi) is 6.77. The van der Waals surface area contributed by atoms with E-state index in [1.165, 1.54) is 6.42 Å². The highest BCUT2D eigenvalue weighted by atomic mass is 16.5. The molecule has 15 heavy (non-hydrogen) atoms. The SMILES string of the molecule is CCCCOCCNCCn1cncn1. The van der Waals surface area contributed by atoms with Crippen molar-refractivity contribution < 1.29 is 4.74 Å². The van der Waals surface area contributed by atoms with Crippen molar-refractivity contribution in [1.82, 2.24) is 20.1 Å². The topological polar surface area (TPSA) is 52.0 Å². The summed E-state index contributed by atoms with van der Waals surface area (Å²) in [4.78, 5) is 3.87. The summed E-state index contributed by atoms with van der Waals surface area (Å²) in [5.74, 6) is 0. The average molecular weight is 212 g/mol. The Balaban J connectivity index is 1.81. The summed E-state index contributed by atoms with van der Waals surface area (Å²) in [7, 11) is 0. The first-order valence-corrected chi connectivity index (χ1v) is 5.54. The van der Waals surface area contributed by atoms with Crippen LogP contribution in [0.1, 0.15) is 19.8 Å². The molecule has 0 spiro atoms. The van der Waals surface area contributed by atoms with E-state index in [2.05, 4.69) is 22.3 Å². The fourth-order valence-electron chi connectivity index (χ4n) is 1.16. The second kappa shape index (κ2) is 8.38. The standard InChI is InChI=1S/C10H20N4O/c1-2-3-7-15-8-5-11-4-6-14-10-12-9-13-14/h9-11H,2-8H2,1H3. The molecular formula is C10H20N4O. The van der Waals surface area contributed by atoms with Gasteiger partial charge in [0.25, 0.3) is 0 Å². The highest BCUT2D eigenvalue weighted by Crippen LogP contribution is 1.86. The van der Waals surface area contributed by atoms with Gasteiger partial charge in [-0.3, -0.25) is 4.68 Å². The molecule has 5 nitrogen and oxygen atoms in total. The van der Waals surface area contributed by atoms with Gasteiger partial charge in [0.15, 0.2) is 0 Å². The molecule has 0 bridgehead atoms. The minimum Gasteiger partial charge on any atom is -0.380 e. The molecule has 0 fully saturated rings. The van der Waals surface area contributed by atoms with Crippen molar-refractivity contribution in [2.45, 2.75) is 26.3 Å². The van der Waals surface area contributed by atoms with Gasteiger partial charge in [-0.1, -0.05) is 13.3 Å². The average Bonchev–Trinajstić information content (AvgIpc) is 2.75. The van der Waals surface area contributed by atoms with Crippen LogP contribution in [0.15, 0.2) is 12.7 Å². The highest BCUT2D eigenvalue weighted by molar-refractivity contribution is 4.57. The Labute approximate surface area is 90.8 Å². The van der Waals surface area contributed by atoms with Crippen molar-refractivity contribution in [3.05, 3.63) is 12.7 Å². The van der Waals surface area contributed by atoms with Crippen LogP contribution in [0.4, 0.5) is 0 Å². The molecule has 0 aliphatic rings. The lowest BCUT2D eigenvalue weighted by atomic mass is 10.4. The summed E-state index contributed by atoms with van der Waals surface area (Å²) in [5, 5.41) is 7.30. The van der Waals surface area contributed by atoms with Crippen LogP contribution in [0.2, 0.25) is 0 Å². The molecular weight excluding hydrogens is 192 g/mol. The van der Waals surface area contributed by atoms with Crippen molar-refractivity contribution >= 4 is 0 Å². The number of rotatable bonds is 9. The van der Waals surface area contributed by atoms with Gasteiger partial charge in [-0.2, -0.15) is 5.10 Å². The van der Waals surface area contributed by atoms with Gasteiger partial charge in [-0.15, -0.1) is 0 Å². The normalized spacial score (nSPS) is 10.7. The molecule has 0 aromatic carbocycles. The summed E-state index contributed by atoms with van der Waals surface area (Å²) in [6.07, 6.45) is 5.62. The zero-order valence-electron chi connectivity index (χ0n) is 9.35. The maximum Gasteiger partial charge on any atom is 0.137 e. The number of aromatic nitrogens is 3. The molecule has 5 heteroatoms. The molecule has 0 aliphatic carbocycles. The Morgan fingerprint density at radius 1 is 1.33 bits per heavy atom. The Morgan fingerprint density at radius 2 is 2.27 bits per heavy atom. The van der Waals surface area contributed by atoms with E-state index < -0.39 is 0 Å². The number of hydrogen-bond donors (Lipinski definition) is 1. The van der Waals surface area contributed by atoms with Gasteiger partial charge in [0.05, 0.1) is 13.2 Å². The van der Waals surface area contributed by atoms with Gasteiger partial charge >= 0.3 is 0 Å². The van der Waals surface area contributed by atoms with E-state index in [0.29, 0.717) is 0 Å². The van der Waals surface area contributed by atoms with Gasteiger partial charge < -0.3 is 10.1 Å². The van der Waals surface area contributed by atoms with Gasteiger partial charge in [0.2, 0.25) is 0 Å². The summed E-state index contributed by atoms with van der Waals surface area (Å²) in [6.45, 7) is 6.49. The summed E-state index contributed by atoms with van der Waals surface area (Å²) in [6, 6.07) is 0. The fourth-order valence-corrected chi connectivity index (χ4v) is 1.16. The number of nitrogens with one attached hydrogen (secondary N) is 1. The lowest BCUT2D eigenvalue weighted by Gasteiger charge is -2.05. The number of nitrogens with zero attached hydrogens (tertiary/aromatic N) is 3. The molecule has 1 heterocycles. The summed E-state index contributed by atoms with van der Waals surface area (Å²) >= 11 is 0. The van der Waals surface area contributed by atoms with Crippen molar-refractivity contribution in [1.29, 1.82) is 0 Å². The van der Waals surface area contributed by atoms with Crippen molar-refractivity contribution in [3.63, 3.8) is 0 Å². The maximum atomic E-state index is 5.41. The van der Waals surface area contributed by atoms with Gasteiger partial charge in [0.1, 0.15) is 12.7 Å². The van der Waals surface area contributed by atoms with E-state index in [1.807, 2.05) is 4.68 Å². The Bertz CT molecular complexity index is 225. The first-order chi connectivity index (χ1) is 7.43. The van der Waals surface area contributed by atoms with E-state index >= 15 is 0 Å². The third-order valence-corrected chi connectivity index (χ3v) is 2.05. The van der Waals surface area contributed by atoms with Crippen LogP contribution in [0.5, 0.6) is 0 Å². The largest absolute Gasteiger partial charge is 0.380 e. The minimum absolute atomic E-state index is 0.789. The van der Waals surface area contributed by atoms with Crippen LogP contribution in [0.25, 0.3) is 0 Å². The molecule has 1 aromatic rings. The molecule has 0 aliphatic heterocycles. The molecule has 1 rings (SSSR count). The zero-order chi connectivity index (χ0) is 10.8. The molecule has 86 valence electrons. The van der Waals surface area contributed by atoms with Crippen LogP contribution in [-0.4, -0.2) is 41.1 Å². The zero-order valence-corrected chi connectivity index (χ0v) is 9.35. The predicted molar refractivity (Wildman–Crippen MR) is 58.6 cm³/mol. The van der Waals surface area contributed by atoms with Crippen molar-refractivity contribution in [3.8, 4) is 0 Å². The van der Waals surface area contributed by atoms with Crippen LogP contribution in [0, 0.1) is 0 Å². The highest BCUT2D eigenvalue weighted by Gasteiger charge is 1.91. The van der Waals surface area contributed by atoms with E-state index in [9.17, 15) is 0 Å². The lowest BCUT2D eigenvalue weighted by Crippen LogP contribution is -2.24. The van der Waals surface area contributed by atoms with Gasteiger partial charge in [-0.25, -0.2) is 4.98 Å². The first kappa shape index (κ1) is 12.1. The lowest BCUT2D eigenvalue weighted by molar-refractivity contribution is 0.133. The van der Waals surface area contributed by atoms with Crippen molar-refractivity contribution in [2.75, 3.05) is 26.3 Å². The second-order valence-corrected chi connectivity index (χ2v) is 3.37. The Hall–Kier alpha value is -0.940. The molecule has 0 saturated heterocycles. The van der Waals surface area contributed by atoms with Crippen LogP contribution in [-0.2, 0) is 11.3 Å². The Morgan fingerprint density at radius 3 is 3.00 bits per heavy atom. The van der Waals surface area contributed by atoms with Crippen molar-refractivity contribution in [2.24, 2.45) is 0 Å². The van der Waals surface area contributed by atoms with Crippen LogP contribution >= 0.6 is 0 Å². The molecule has 1 aromatic heterocycles. The number of ether oxygens (including phenoxy) is 1. The van der Waals surface area contributed by atoms with Gasteiger partial charge in [-0.05, 0) is 6.42 Å². The van der Waals surface area contributed by atoms with E-state index in [4.69, 9.17) is 4.74 Å². The summed E-state index contributed by atoms with van der Waals surface area (Å²) < 4.78 is 7.22. The molecule has 0 radical (unpaired) electrons. The third-order valence-electron chi connectivity index (χ3n) is 2.05. The first-order valence-electron chi connectivity index (χ1n) is 5.54. The smallest absolute Gasteiger partial charge is 0.137 e. The second-order valence-electron chi connectivity index (χ2n) is 3.37. The van der Waals surface area contributed by atoms with E-state index in [-0.39, 0.29) is 0 Å². The summed E-state index contributed by atoms with van der Waals surface area (Å²) in [5.41, 5.74) is 0. The molecule has 1 N–H and O–H groups in total.